The molecule has 0 spiro atoms. The Morgan fingerprint density at radius 3 is 1.73 bits per heavy atom. The maximum atomic E-state index is 14.9. The van der Waals surface area contributed by atoms with Gasteiger partial charge in [-0.25, -0.2) is 9.80 Å². The van der Waals surface area contributed by atoms with Gasteiger partial charge in [0.2, 0.25) is 23.6 Å². The Kier molecular flexibility index (Phi) is 5.58. The van der Waals surface area contributed by atoms with Gasteiger partial charge in [0.15, 0.2) is 0 Å². The van der Waals surface area contributed by atoms with Crippen LogP contribution in [0.3, 0.4) is 0 Å². The van der Waals surface area contributed by atoms with Crippen LogP contribution in [0, 0.1) is 25.2 Å². The van der Waals surface area contributed by atoms with Gasteiger partial charge in [-0.2, -0.15) is 0 Å². The third kappa shape index (κ3) is 3.50. The fourth-order valence-corrected chi connectivity index (χ4v) is 7.17. The second kappa shape index (κ2) is 9.10. The van der Waals surface area contributed by atoms with E-state index in [2.05, 4.69) is 0 Å². The quantitative estimate of drug-likeness (QED) is 0.322. The molecule has 2 saturated heterocycles. The third-order valence-corrected chi connectivity index (χ3v) is 9.01. The smallest absolute Gasteiger partial charge is 0.242 e. The first-order chi connectivity index (χ1) is 19.8. The van der Waals surface area contributed by atoms with Gasteiger partial charge in [0, 0.05) is 0 Å². The summed E-state index contributed by atoms with van der Waals surface area (Å²) in [6, 6.07) is 31.3. The summed E-state index contributed by atoms with van der Waals surface area (Å²) in [4.78, 5) is 60.6. The zero-order valence-corrected chi connectivity index (χ0v) is 22.8. The predicted octanol–water partition coefficient (Wildman–Crippen LogP) is 5.48. The molecule has 0 aromatic heterocycles. The minimum atomic E-state index is -1.48. The Balaban J connectivity index is 1.49. The van der Waals surface area contributed by atoms with E-state index >= 15 is 0 Å². The topological polar surface area (TPSA) is 74.8 Å². The van der Waals surface area contributed by atoms with Crippen molar-refractivity contribution in [1.29, 1.82) is 0 Å². The van der Waals surface area contributed by atoms with Crippen molar-refractivity contribution in [1.82, 2.24) is 0 Å². The molecule has 3 aliphatic rings. The van der Waals surface area contributed by atoms with Crippen molar-refractivity contribution in [3.8, 4) is 0 Å². The maximum Gasteiger partial charge on any atom is 0.242 e. The first-order valence-electron chi connectivity index (χ1n) is 13.9. The molecular weight excluding hydrogens is 512 g/mol. The van der Waals surface area contributed by atoms with E-state index in [1.54, 1.807) is 24.3 Å². The second-order valence-corrected chi connectivity index (χ2v) is 11.4. The summed E-state index contributed by atoms with van der Waals surface area (Å²) in [7, 11) is 0. The van der Waals surface area contributed by atoms with Crippen LogP contribution in [0.4, 0.5) is 11.4 Å². The summed E-state index contributed by atoms with van der Waals surface area (Å²) in [5, 5.41) is 0. The molecule has 4 atom stereocenters. The molecule has 0 saturated carbocycles. The Bertz CT molecular complexity index is 1730. The number of carbonyl (C=O) groups is 4. The molecule has 7 rings (SSSR count). The lowest BCUT2D eigenvalue weighted by molar-refractivity contribution is -0.138. The maximum absolute atomic E-state index is 14.9. The number of hydrogen-bond donors (Lipinski definition) is 0. The van der Waals surface area contributed by atoms with E-state index in [0.29, 0.717) is 22.5 Å². The standard InChI is InChI=1S/C35H28N2O4/c1-21-12-16-24(17-13-21)36-31(38)28-26-10-6-7-11-27(26)29-32(39)37(25-18-14-22(2)15-19-25)34(41)35(29,30(28)33(36)40)20-23-8-4-3-5-9-23/h3-19,28-30H,20H2,1-2H3. The number of carbonyl (C=O) groups excluding carboxylic acids is 4. The first kappa shape index (κ1) is 25.1. The van der Waals surface area contributed by atoms with Crippen molar-refractivity contribution in [2.45, 2.75) is 32.1 Å². The summed E-state index contributed by atoms with van der Waals surface area (Å²) >= 11 is 0. The Labute approximate surface area is 238 Å². The number of rotatable bonds is 4. The largest absolute Gasteiger partial charge is 0.274 e. The molecule has 0 bridgehead atoms. The van der Waals surface area contributed by atoms with Gasteiger partial charge in [-0.3, -0.25) is 19.2 Å². The van der Waals surface area contributed by atoms with Crippen molar-refractivity contribution in [3.63, 3.8) is 0 Å². The highest BCUT2D eigenvalue weighted by Gasteiger charge is 2.73. The summed E-state index contributed by atoms with van der Waals surface area (Å²) < 4.78 is 0. The van der Waals surface area contributed by atoms with Crippen LogP contribution >= 0.6 is 0 Å². The number of aryl methyl sites for hydroxylation is 2. The van der Waals surface area contributed by atoms with Crippen LogP contribution in [-0.2, 0) is 25.6 Å². The lowest BCUT2D eigenvalue weighted by Gasteiger charge is -2.43. The lowest BCUT2D eigenvalue weighted by Crippen LogP contribution is -2.51. The molecule has 6 nitrogen and oxygen atoms in total. The number of fused-ring (bicyclic) bond motifs is 6. The fraction of sp³-hybridized carbons (Fsp3) is 0.200. The van der Waals surface area contributed by atoms with Gasteiger partial charge in [0.1, 0.15) is 0 Å². The molecule has 4 unspecified atom stereocenters. The number of hydrogen-bond acceptors (Lipinski definition) is 4. The molecule has 41 heavy (non-hydrogen) atoms. The highest BCUT2D eigenvalue weighted by Crippen LogP contribution is 2.63. The van der Waals surface area contributed by atoms with Gasteiger partial charge in [-0.15, -0.1) is 0 Å². The first-order valence-corrected chi connectivity index (χ1v) is 13.9. The van der Waals surface area contributed by atoms with Crippen LogP contribution in [0.25, 0.3) is 0 Å². The van der Waals surface area contributed by atoms with E-state index in [1.165, 1.54) is 9.80 Å². The van der Waals surface area contributed by atoms with Crippen LogP contribution in [-0.4, -0.2) is 23.6 Å². The highest BCUT2D eigenvalue weighted by atomic mass is 16.2. The van der Waals surface area contributed by atoms with E-state index in [1.807, 2.05) is 92.7 Å². The molecule has 2 fully saturated rings. The number of benzene rings is 4. The van der Waals surface area contributed by atoms with E-state index in [0.717, 1.165) is 16.7 Å². The SMILES string of the molecule is Cc1ccc(N2C(=O)C3c4ccccc4C4C(=O)N(c5ccc(C)cc5)C(=O)C4(Cc4ccccc4)C3C2=O)cc1. The Morgan fingerprint density at radius 2 is 1.12 bits per heavy atom. The number of amides is 4. The van der Waals surface area contributed by atoms with Crippen LogP contribution in [0.5, 0.6) is 0 Å². The van der Waals surface area contributed by atoms with E-state index in [4.69, 9.17) is 0 Å². The second-order valence-electron chi connectivity index (χ2n) is 11.4. The van der Waals surface area contributed by atoms with Crippen LogP contribution in [0.1, 0.15) is 39.7 Å². The monoisotopic (exact) mass is 540 g/mol. The summed E-state index contributed by atoms with van der Waals surface area (Å²) in [6.45, 7) is 3.88. The fourth-order valence-electron chi connectivity index (χ4n) is 7.17. The zero-order valence-electron chi connectivity index (χ0n) is 22.8. The Morgan fingerprint density at radius 1 is 0.585 bits per heavy atom. The normalized spacial score (nSPS) is 24.9. The molecule has 2 heterocycles. The average molecular weight is 541 g/mol. The molecule has 4 aromatic rings. The molecular formula is C35H28N2O4. The van der Waals surface area contributed by atoms with Gasteiger partial charge in [0.25, 0.3) is 0 Å². The lowest BCUT2D eigenvalue weighted by atomic mass is 9.54. The van der Waals surface area contributed by atoms with Crippen molar-refractivity contribution >= 4 is 35.0 Å². The van der Waals surface area contributed by atoms with Gasteiger partial charge >= 0.3 is 0 Å². The van der Waals surface area contributed by atoms with Gasteiger partial charge in [0.05, 0.1) is 34.5 Å². The van der Waals surface area contributed by atoms with Crippen LogP contribution in [0.15, 0.2) is 103 Å². The van der Waals surface area contributed by atoms with Gasteiger partial charge in [-0.05, 0) is 61.2 Å². The third-order valence-electron chi connectivity index (χ3n) is 9.01. The molecule has 4 aromatic carbocycles. The molecule has 0 N–H and O–H groups in total. The zero-order chi connectivity index (χ0) is 28.5. The Hall–Kier alpha value is -4.84. The number of nitrogens with zero attached hydrogens (tertiary/aromatic N) is 2. The molecule has 4 amide bonds. The molecule has 1 aliphatic carbocycles. The minimum Gasteiger partial charge on any atom is -0.274 e. The summed E-state index contributed by atoms with van der Waals surface area (Å²) in [5.74, 6) is -4.43. The van der Waals surface area contributed by atoms with Crippen molar-refractivity contribution < 1.29 is 19.2 Å². The summed E-state index contributed by atoms with van der Waals surface area (Å²) in [5.41, 5.74) is 3.58. The highest BCUT2D eigenvalue weighted by molar-refractivity contribution is 6.31. The van der Waals surface area contributed by atoms with Gasteiger partial charge in [-0.1, -0.05) is 90.0 Å². The minimum absolute atomic E-state index is 0.154. The van der Waals surface area contributed by atoms with Gasteiger partial charge < -0.3 is 0 Å². The van der Waals surface area contributed by atoms with E-state index < -0.39 is 35.0 Å². The van der Waals surface area contributed by atoms with E-state index in [-0.39, 0.29) is 18.2 Å². The molecule has 0 radical (unpaired) electrons. The van der Waals surface area contributed by atoms with E-state index in [9.17, 15) is 19.2 Å². The molecule has 6 heteroatoms. The number of anilines is 2. The van der Waals surface area contributed by atoms with Crippen molar-refractivity contribution in [2.75, 3.05) is 9.80 Å². The summed E-state index contributed by atoms with van der Waals surface area (Å²) in [6.07, 6.45) is 0.154. The number of imide groups is 2. The molecule has 2 aliphatic heterocycles. The predicted molar refractivity (Wildman–Crippen MR) is 155 cm³/mol. The average Bonchev–Trinajstić information content (AvgIpc) is 3.37. The van der Waals surface area contributed by atoms with Crippen molar-refractivity contribution in [2.24, 2.45) is 11.3 Å². The van der Waals surface area contributed by atoms with Crippen LogP contribution in [0.2, 0.25) is 0 Å². The van der Waals surface area contributed by atoms with Crippen LogP contribution < -0.4 is 9.80 Å². The van der Waals surface area contributed by atoms with Crippen molar-refractivity contribution in [3.05, 3.63) is 131 Å². The molecule has 202 valence electrons.